The van der Waals surface area contributed by atoms with E-state index in [1.807, 2.05) is 24.3 Å². The van der Waals surface area contributed by atoms with Crippen LogP contribution in [0, 0.1) is 0 Å². The van der Waals surface area contributed by atoms with Gasteiger partial charge in [-0.05, 0) is 17.7 Å². The molecule has 2 N–H and O–H groups in total. The molecule has 0 unspecified atom stereocenters. The van der Waals surface area contributed by atoms with E-state index in [0.717, 1.165) is 26.2 Å². The number of piperazine rings is 1. The molecule has 1 fully saturated rings. The lowest BCUT2D eigenvalue weighted by Gasteiger charge is -2.36. The van der Waals surface area contributed by atoms with Crippen LogP contribution in [0.15, 0.2) is 60.7 Å². The zero-order valence-corrected chi connectivity index (χ0v) is 15.3. The van der Waals surface area contributed by atoms with Crippen molar-refractivity contribution in [2.24, 2.45) is 0 Å². The van der Waals surface area contributed by atoms with Crippen LogP contribution in [0.1, 0.15) is 18.0 Å². The number of benzene rings is 2. The summed E-state index contributed by atoms with van der Waals surface area (Å²) in [7, 11) is 0. The number of para-hydroxylation sites is 1. The zero-order valence-electron chi connectivity index (χ0n) is 15.3. The van der Waals surface area contributed by atoms with E-state index in [1.54, 1.807) is 24.3 Å². The third-order valence-electron chi connectivity index (χ3n) is 4.83. The highest BCUT2D eigenvalue weighted by Crippen LogP contribution is 2.16. The molecular formula is C21H25N3O3. The summed E-state index contributed by atoms with van der Waals surface area (Å²) in [5.41, 5.74) is 1.80. The standard InChI is InChI=1S/C21H25N3O3/c25-19(22-20(21(26)27)17-7-3-1-4-8-17)11-12-23-13-15-24(16-14-23)18-9-5-2-6-10-18/h1-10,20H,11-16H2,(H,22,25)(H,26,27)/t20-/m1/s1. The van der Waals surface area contributed by atoms with Crippen molar-refractivity contribution in [2.75, 3.05) is 37.6 Å². The summed E-state index contributed by atoms with van der Waals surface area (Å²) in [6.45, 7) is 4.27. The molecule has 0 aliphatic carbocycles. The number of nitrogens with zero attached hydrogens (tertiary/aromatic N) is 2. The van der Waals surface area contributed by atoms with E-state index in [0.29, 0.717) is 18.5 Å². The number of hydrogen-bond acceptors (Lipinski definition) is 4. The van der Waals surface area contributed by atoms with Crippen LogP contribution in [0.3, 0.4) is 0 Å². The number of amides is 1. The van der Waals surface area contributed by atoms with Crippen molar-refractivity contribution in [1.29, 1.82) is 0 Å². The first-order valence-electron chi connectivity index (χ1n) is 9.23. The Morgan fingerprint density at radius 2 is 1.52 bits per heavy atom. The number of carboxylic acid groups (broad SMARTS) is 1. The Morgan fingerprint density at radius 1 is 0.926 bits per heavy atom. The number of carboxylic acids is 1. The van der Waals surface area contributed by atoms with Crippen molar-refractivity contribution in [3.63, 3.8) is 0 Å². The molecule has 0 radical (unpaired) electrons. The predicted molar refractivity (Wildman–Crippen MR) is 105 cm³/mol. The molecule has 1 amide bonds. The Kier molecular flexibility index (Phi) is 6.44. The summed E-state index contributed by atoms with van der Waals surface area (Å²) in [5.74, 6) is -1.29. The summed E-state index contributed by atoms with van der Waals surface area (Å²) >= 11 is 0. The normalized spacial score (nSPS) is 15.9. The van der Waals surface area contributed by atoms with E-state index in [4.69, 9.17) is 0 Å². The lowest BCUT2D eigenvalue weighted by molar-refractivity contribution is -0.142. The second kappa shape index (κ2) is 9.19. The number of hydrogen-bond donors (Lipinski definition) is 2. The van der Waals surface area contributed by atoms with Gasteiger partial charge in [-0.2, -0.15) is 0 Å². The van der Waals surface area contributed by atoms with Gasteiger partial charge in [0, 0.05) is 44.8 Å². The average molecular weight is 367 g/mol. The van der Waals surface area contributed by atoms with E-state index >= 15 is 0 Å². The molecule has 0 aromatic heterocycles. The van der Waals surface area contributed by atoms with Crippen molar-refractivity contribution in [3.8, 4) is 0 Å². The van der Waals surface area contributed by atoms with Crippen LogP contribution in [-0.4, -0.2) is 54.6 Å². The van der Waals surface area contributed by atoms with Crippen molar-refractivity contribution >= 4 is 17.6 Å². The smallest absolute Gasteiger partial charge is 0.330 e. The van der Waals surface area contributed by atoms with Crippen LogP contribution in [0.5, 0.6) is 0 Å². The Balaban J connectivity index is 1.45. The monoisotopic (exact) mass is 367 g/mol. The van der Waals surface area contributed by atoms with E-state index in [9.17, 15) is 14.7 Å². The van der Waals surface area contributed by atoms with Gasteiger partial charge >= 0.3 is 5.97 Å². The van der Waals surface area contributed by atoms with Gasteiger partial charge in [0.2, 0.25) is 5.91 Å². The SMILES string of the molecule is O=C(CCN1CCN(c2ccccc2)CC1)N[C@@H](C(=O)O)c1ccccc1. The number of rotatable bonds is 7. The summed E-state index contributed by atoms with van der Waals surface area (Å²) < 4.78 is 0. The van der Waals surface area contributed by atoms with E-state index in [-0.39, 0.29) is 5.91 Å². The highest BCUT2D eigenvalue weighted by molar-refractivity contribution is 5.84. The van der Waals surface area contributed by atoms with Gasteiger partial charge in [-0.3, -0.25) is 9.69 Å². The van der Waals surface area contributed by atoms with E-state index in [2.05, 4.69) is 27.2 Å². The average Bonchev–Trinajstić information content (AvgIpc) is 2.72. The molecule has 0 spiro atoms. The van der Waals surface area contributed by atoms with Gasteiger partial charge in [0.05, 0.1) is 0 Å². The lowest BCUT2D eigenvalue weighted by atomic mass is 10.1. The van der Waals surface area contributed by atoms with Gasteiger partial charge in [0.15, 0.2) is 6.04 Å². The first kappa shape index (κ1) is 18.9. The van der Waals surface area contributed by atoms with Gasteiger partial charge < -0.3 is 15.3 Å². The van der Waals surface area contributed by atoms with E-state index < -0.39 is 12.0 Å². The number of anilines is 1. The first-order chi connectivity index (χ1) is 13.1. The highest BCUT2D eigenvalue weighted by Gasteiger charge is 2.23. The molecule has 2 aromatic carbocycles. The second-order valence-electron chi connectivity index (χ2n) is 6.66. The fraction of sp³-hybridized carbons (Fsp3) is 0.333. The maximum atomic E-state index is 12.2. The molecule has 1 saturated heterocycles. The van der Waals surface area contributed by atoms with Gasteiger partial charge in [-0.15, -0.1) is 0 Å². The van der Waals surface area contributed by atoms with Crippen molar-refractivity contribution < 1.29 is 14.7 Å². The Hall–Kier alpha value is -2.86. The molecule has 1 atom stereocenters. The maximum absolute atomic E-state index is 12.2. The summed E-state index contributed by atoms with van der Waals surface area (Å²) in [6, 6.07) is 18.1. The molecule has 27 heavy (non-hydrogen) atoms. The molecule has 3 rings (SSSR count). The van der Waals surface area contributed by atoms with Crippen molar-refractivity contribution in [2.45, 2.75) is 12.5 Å². The number of carbonyl (C=O) groups is 2. The van der Waals surface area contributed by atoms with Crippen LogP contribution in [0.4, 0.5) is 5.69 Å². The zero-order chi connectivity index (χ0) is 19.1. The van der Waals surface area contributed by atoms with Gasteiger partial charge in [-0.25, -0.2) is 4.79 Å². The Bertz CT molecular complexity index is 744. The van der Waals surface area contributed by atoms with Gasteiger partial charge in [0.1, 0.15) is 0 Å². The van der Waals surface area contributed by atoms with Crippen LogP contribution >= 0.6 is 0 Å². The molecule has 142 valence electrons. The Morgan fingerprint density at radius 3 is 2.11 bits per heavy atom. The molecular weight excluding hydrogens is 342 g/mol. The molecule has 0 bridgehead atoms. The fourth-order valence-corrected chi connectivity index (χ4v) is 3.29. The number of nitrogens with one attached hydrogen (secondary N) is 1. The van der Waals surface area contributed by atoms with Crippen molar-refractivity contribution in [3.05, 3.63) is 66.2 Å². The molecule has 2 aromatic rings. The molecule has 6 nitrogen and oxygen atoms in total. The fourth-order valence-electron chi connectivity index (χ4n) is 3.29. The van der Waals surface area contributed by atoms with Gasteiger partial charge in [0.25, 0.3) is 0 Å². The number of carbonyl (C=O) groups excluding carboxylic acids is 1. The third-order valence-corrected chi connectivity index (χ3v) is 4.83. The van der Waals surface area contributed by atoms with Crippen LogP contribution in [0.2, 0.25) is 0 Å². The minimum atomic E-state index is -1.05. The molecule has 1 aliphatic rings. The van der Waals surface area contributed by atoms with Gasteiger partial charge in [-0.1, -0.05) is 48.5 Å². The van der Waals surface area contributed by atoms with Crippen LogP contribution in [-0.2, 0) is 9.59 Å². The summed E-state index contributed by atoms with van der Waals surface area (Å²) in [4.78, 5) is 28.3. The van der Waals surface area contributed by atoms with Crippen molar-refractivity contribution in [1.82, 2.24) is 10.2 Å². The first-order valence-corrected chi connectivity index (χ1v) is 9.23. The third kappa shape index (κ3) is 5.31. The van der Waals surface area contributed by atoms with Crippen LogP contribution < -0.4 is 10.2 Å². The topological polar surface area (TPSA) is 72.9 Å². The molecule has 1 aliphatic heterocycles. The largest absolute Gasteiger partial charge is 0.479 e. The lowest BCUT2D eigenvalue weighted by Crippen LogP contribution is -2.47. The minimum Gasteiger partial charge on any atom is -0.479 e. The molecule has 6 heteroatoms. The molecule has 0 saturated carbocycles. The van der Waals surface area contributed by atoms with E-state index in [1.165, 1.54) is 5.69 Å². The second-order valence-corrected chi connectivity index (χ2v) is 6.66. The minimum absolute atomic E-state index is 0.239. The molecule has 1 heterocycles. The number of aliphatic carboxylic acids is 1. The van der Waals surface area contributed by atoms with Crippen LogP contribution in [0.25, 0.3) is 0 Å². The Labute approximate surface area is 159 Å². The highest BCUT2D eigenvalue weighted by atomic mass is 16.4. The summed E-state index contributed by atoms with van der Waals surface area (Å²) in [6.07, 6.45) is 0.294. The quantitative estimate of drug-likeness (QED) is 0.784. The predicted octanol–water partition coefficient (Wildman–Crippen LogP) is 2.14. The summed E-state index contributed by atoms with van der Waals surface area (Å²) in [5, 5.41) is 12.0. The maximum Gasteiger partial charge on any atom is 0.330 e.